The summed E-state index contributed by atoms with van der Waals surface area (Å²) >= 11 is 0. The highest BCUT2D eigenvalue weighted by Crippen LogP contribution is 2.60. The standard InChI is InChI=1S/C30H50O3/c1-6-30(33,7-2)18-9-8-11-21(3)26-15-16-27-23(12-10-17-29(26,27)5)13-14-24-19-25(31)20-28(32)22(24)4/h13-14,21,25-28,31-33H,4,6-12,15-20H2,1-3,5H3/b23-13-,24-14+/t21-,25+,26+,27-,28-,29+/m0/s1. The third-order valence-electron chi connectivity index (χ3n) is 9.86. The monoisotopic (exact) mass is 458 g/mol. The van der Waals surface area contributed by atoms with Gasteiger partial charge in [0, 0.05) is 6.42 Å². The first-order valence-corrected chi connectivity index (χ1v) is 13.8. The van der Waals surface area contributed by atoms with E-state index in [0.717, 1.165) is 48.7 Å². The first-order valence-electron chi connectivity index (χ1n) is 13.8. The third kappa shape index (κ3) is 6.03. The number of allylic oxidation sites excluding steroid dienone is 3. The van der Waals surface area contributed by atoms with Crippen LogP contribution >= 0.6 is 0 Å². The Kier molecular flexibility index (Phi) is 9.08. The molecule has 188 valence electrons. The Morgan fingerprint density at radius 2 is 1.88 bits per heavy atom. The molecule has 0 aromatic heterocycles. The molecule has 33 heavy (non-hydrogen) atoms. The van der Waals surface area contributed by atoms with Gasteiger partial charge in [0.05, 0.1) is 17.8 Å². The zero-order valence-corrected chi connectivity index (χ0v) is 21.8. The molecule has 0 spiro atoms. The molecular weight excluding hydrogens is 408 g/mol. The summed E-state index contributed by atoms with van der Waals surface area (Å²) in [7, 11) is 0. The molecule has 3 saturated carbocycles. The minimum absolute atomic E-state index is 0.387. The maximum atomic E-state index is 10.6. The van der Waals surface area contributed by atoms with Crippen molar-refractivity contribution in [3.05, 3.63) is 35.5 Å². The molecule has 0 saturated heterocycles. The first kappa shape index (κ1) is 26.7. The van der Waals surface area contributed by atoms with Gasteiger partial charge in [0.25, 0.3) is 0 Å². The van der Waals surface area contributed by atoms with Crippen molar-refractivity contribution >= 4 is 0 Å². The van der Waals surface area contributed by atoms with E-state index in [1.807, 2.05) is 0 Å². The van der Waals surface area contributed by atoms with E-state index in [0.29, 0.717) is 24.2 Å². The average Bonchev–Trinajstić information content (AvgIpc) is 3.15. The van der Waals surface area contributed by atoms with Gasteiger partial charge in [-0.3, -0.25) is 0 Å². The predicted octanol–water partition coefficient (Wildman–Crippen LogP) is 6.88. The lowest BCUT2D eigenvalue weighted by Crippen LogP contribution is -2.36. The normalized spacial score (nSPS) is 36.4. The van der Waals surface area contributed by atoms with Crippen LogP contribution in [-0.2, 0) is 0 Å². The average molecular weight is 459 g/mol. The van der Waals surface area contributed by atoms with Crippen LogP contribution in [0.5, 0.6) is 0 Å². The lowest BCUT2D eigenvalue weighted by atomic mass is 9.60. The molecule has 0 aromatic carbocycles. The van der Waals surface area contributed by atoms with Crippen LogP contribution in [0.2, 0.25) is 0 Å². The molecule has 3 heteroatoms. The van der Waals surface area contributed by atoms with Crippen molar-refractivity contribution in [3.63, 3.8) is 0 Å². The maximum absolute atomic E-state index is 10.6. The van der Waals surface area contributed by atoms with Crippen LogP contribution in [0.1, 0.15) is 111 Å². The molecule has 3 nitrogen and oxygen atoms in total. The lowest BCUT2D eigenvalue weighted by Gasteiger charge is -2.44. The Labute approximate surface area is 203 Å². The molecule has 0 radical (unpaired) electrons. The Hall–Kier alpha value is -0.900. The maximum Gasteiger partial charge on any atom is 0.0811 e. The van der Waals surface area contributed by atoms with Gasteiger partial charge in [-0.25, -0.2) is 0 Å². The summed E-state index contributed by atoms with van der Waals surface area (Å²) in [5.74, 6) is 2.17. The second kappa shape index (κ2) is 11.2. The number of aliphatic hydroxyl groups is 3. The van der Waals surface area contributed by atoms with E-state index in [1.54, 1.807) is 5.57 Å². The van der Waals surface area contributed by atoms with Gasteiger partial charge in [0.2, 0.25) is 0 Å². The summed E-state index contributed by atoms with van der Waals surface area (Å²) in [4.78, 5) is 0. The van der Waals surface area contributed by atoms with E-state index < -0.39 is 17.8 Å². The fraction of sp³-hybridized carbons (Fsp3) is 0.800. The van der Waals surface area contributed by atoms with E-state index in [2.05, 4.69) is 46.4 Å². The zero-order chi connectivity index (χ0) is 24.2. The molecule has 0 aromatic rings. The van der Waals surface area contributed by atoms with Crippen molar-refractivity contribution in [2.45, 2.75) is 129 Å². The van der Waals surface area contributed by atoms with Gasteiger partial charge >= 0.3 is 0 Å². The molecule has 3 rings (SSSR count). The lowest BCUT2D eigenvalue weighted by molar-refractivity contribution is 0.0202. The Bertz CT molecular complexity index is 731. The molecule has 3 N–H and O–H groups in total. The first-order chi connectivity index (χ1) is 15.6. The molecule has 0 heterocycles. The third-order valence-corrected chi connectivity index (χ3v) is 9.86. The van der Waals surface area contributed by atoms with Crippen LogP contribution < -0.4 is 0 Å². The molecule has 0 aliphatic heterocycles. The highest BCUT2D eigenvalue weighted by molar-refractivity contribution is 5.38. The number of hydrogen-bond acceptors (Lipinski definition) is 3. The summed E-state index contributed by atoms with van der Waals surface area (Å²) < 4.78 is 0. The van der Waals surface area contributed by atoms with Gasteiger partial charge in [0.1, 0.15) is 0 Å². The Balaban J connectivity index is 1.62. The van der Waals surface area contributed by atoms with E-state index in [9.17, 15) is 15.3 Å². The fourth-order valence-electron chi connectivity index (χ4n) is 7.40. The number of unbranched alkanes of at least 4 members (excludes halogenated alkanes) is 1. The highest BCUT2D eigenvalue weighted by atomic mass is 16.3. The number of fused-ring (bicyclic) bond motifs is 1. The van der Waals surface area contributed by atoms with Gasteiger partial charge < -0.3 is 15.3 Å². The zero-order valence-electron chi connectivity index (χ0n) is 21.8. The molecule has 3 aliphatic carbocycles. The van der Waals surface area contributed by atoms with E-state index in [4.69, 9.17) is 0 Å². The summed E-state index contributed by atoms with van der Waals surface area (Å²) in [5, 5.41) is 30.8. The van der Waals surface area contributed by atoms with Crippen molar-refractivity contribution in [3.8, 4) is 0 Å². The van der Waals surface area contributed by atoms with Crippen molar-refractivity contribution < 1.29 is 15.3 Å². The summed E-state index contributed by atoms with van der Waals surface area (Å²) in [6.07, 6.45) is 17.1. The van der Waals surface area contributed by atoms with Crippen molar-refractivity contribution in [1.29, 1.82) is 0 Å². The molecule has 0 amide bonds. The summed E-state index contributed by atoms with van der Waals surface area (Å²) in [5.41, 5.74) is 3.30. The second-order valence-electron chi connectivity index (χ2n) is 11.8. The fourth-order valence-corrected chi connectivity index (χ4v) is 7.40. The van der Waals surface area contributed by atoms with Crippen LogP contribution in [0, 0.1) is 23.2 Å². The number of rotatable bonds is 9. The van der Waals surface area contributed by atoms with Gasteiger partial charge in [-0.15, -0.1) is 0 Å². The minimum Gasteiger partial charge on any atom is -0.393 e. The van der Waals surface area contributed by atoms with E-state index in [1.165, 1.54) is 44.9 Å². The molecule has 6 atom stereocenters. The summed E-state index contributed by atoms with van der Waals surface area (Å²) in [6.45, 7) is 13.3. The predicted molar refractivity (Wildman–Crippen MR) is 138 cm³/mol. The largest absolute Gasteiger partial charge is 0.393 e. The quantitative estimate of drug-likeness (QED) is 0.330. The number of aliphatic hydroxyl groups excluding tert-OH is 2. The Morgan fingerprint density at radius 1 is 1.15 bits per heavy atom. The topological polar surface area (TPSA) is 60.7 Å². The van der Waals surface area contributed by atoms with Gasteiger partial charge in [-0.2, -0.15) is 0 Å². The Morgan fingerprint density at radius 3 is 2.58 bits per heavy atom. The van der Waals surface area contributed by atoms with Gasteiger partial charge in [-0.05, 0) is 92.1 Å². The van der Waals surface area contributed by atoms with Crippen LogP contribution in [0.15, 0.2) is 35.5 Å². The number of hydrogen-bond donors (Lipinski definition) is 3. The minimum atomic E-state index is -0.614. The highest BCUT2D eigenvalue weighted by Gasteiger charge is 2.50. The molecule has 0 unspecified atom stereocenters. The van der Waals surface area contributed by atoms with E-state index in [-0.39, 0.29) is 0 Å². The summed E-state index contributed by atoms with van der Waals surface area (Å²) in [6, 6.07) is 0. The van der Waals surface area contributed by atoms with Crippen LogP contribution in [0.3, 0.4) is 0 Å². The van der Waals surface area contributed by atoms with Crippen LogP contribution in [0.4, 0.5) is 0 Å². The molecule has 3 aliphatic rings. The molecular formula is C30H50O3. The van der Waals surface area contributed by atoms with Gasteiger partial charge in [-0.1, -0.05) is 71.3 Å². The van der Waals surface area contributed by atoms with Crippen LogP contribution in [0.25, 0.3) is 0 Å². The molecule has 0 bridgehead atoms. The van der Waals surface area contributed by atoms with Crippen molar-refractivity contribution in [1.82, 2.24) is 0 Å². The van der Waals surface area contributed by atoms with Crippen molar-refractivity contribution in [2.24, 2.45) is 23.2 Å². The van der Waals surface area contributed by atoms with Crippen molar-refractivity contribution in [2.75, 3.05) is 0 Å². The molecule has 3 fully saturated rings. The van der Waals surface area contributed by atoms with Crippen LogP contribution in [-0.4, -0.2) is 33.1 Å². The second-order valence-corrected chi connectivity index (χ2v) is 11.8. The SMILES string of the molecule is C=C1/C(=C/C=C2/CCC[C@]3(C)[C@@H]([C@@H](C)CCCCC(O)(CC)CC)CC[C@@H]23)C[C@@H](O)C[C@@H]1O. The smallest absolute Gasteiger partial charge is 0.0811 e. The van der Waals surface area contributed by atoms with Gasteiger partial charge in [0.15, 0.2) is 0 Å². The van der Waals surface area contributed by atoms with E-state index >= 15 is 0 Å².